The number of likely N-dealkylation sites (tertiary alicyclic amines) is 1. The highest BCUT2D eigenvalue weighted by Crippen LogP contribution is 2.36. The maximum Gasteiger partial charge on any atom is 0.410 e. The summed E-state index contributed by atoms with van der Waals surface area (Å²) in [7, 11) is 0. The monoisotopic (exact) mass is 458 g/mol. The second-order valence-corrected chi connectivity index (χ2v) is 10.0. The summed E-state index contributed by atoms with van der Waals surface area (Å²) in [6.45, 7) is 12.4. The Kier molecular flexibility index (Phi) is 8.00. The van der Waals surface area contributed by atoms with Gasteiger partial charge >= 0.3 is 6.09 Å². The van der Waals surface area contributed by atoms with Crippen molar-refractivity contribution in [3.05, 3.63) is 35.9 Å². The van der Waals surface area contributed by atoms with E-state index in [1.807, 2.05) is 56.0 Å². The van der Waals surface area contributed by atoms with E-state index in [1.54, 1.807) is 11.8 Å². The number of hydrogen-bond acceptors (Lipinski definition) is 5. The minimum atomic E-state index is -0.609. The van der Waals surface area contributed by atoms with Crippen LogP contribution in [0.5, 0.6) is 0 Å². The molecule has 33 heavy (non-hydrogen) atoms. The molecule has 2 fully saturated rings. The second-order valence-electron chi connectivity index (χ2n) is 10.0. The van der Waals surface area contributed by atoms with E-state index in [0.717, 1.165) is 25.2 Å². The first-order valence-electron chi connectivity index (χ1n) is 11.9. The molecule has 2 heterocycles. The highest BCUT2D eigenvalue weighted by molar-refractivity contribution is 5.88. The standard InChI is InChI=1S/C25H38N4O4/c1-20(30)28-13-10-25(11-14-28,21-8-6-5-7-9-21)22(31)26-12-15-27-16-18-29(19-17-27)23(32)33-24(2,3)4/h5-9H,10-19H2,1-4H3,(H,26,31). The van der Waals surface area contributed by atoms with Gasteiger partial charge in [-0.05, 0) is 39.2 Å². The first kappa shape index (κ1) is 25.0. The van der Waals surface area contributed by atoms with Crippen molar-refractivity contribution in [2.45, 2.75) is 51.6 Å². The van der Waals surface area contributed by atoms with E-state index in [2.05, 4.69) is 10.2 Å². The van der Waals surface area contributed by atoms with Gasteiger partial charge in [-0.15, -0.1) is 0 Å². The Morgan fingerprint density at radius 1 is 0.939 bits per heavy atom. The summed E-state index contributed by atoms with van der Waals surface area (Å²) >= 11 is 0. The van der Waals surface area contributed by atoms with Crippen molar-refractivity contribution < 1.29 is 19.1 Å². The van der Waals surface area contributed by atoms with Gasteiger partial charge in [-0.1, -0.05) is 30.3 Å². The van der Waals surface area contributed by atoms with Crippen LogP contribution in [0.15, 0.2) is 30.3 Å². The largest absolute Gasteiger partial charge is 0.444 e. The fraction of sp³-hybridized carbons (Fsp3) is 0.640. The average molecular weight is 459 g/mol. The molecule has 8 nitrogen and oxygen atoms in total. The summed E-state index contributed by atoms with van der Waals surface area (Å²) in [6, 6.07) is 9.91. The minimum absolute atomic E-state index is 0.0318. The molecule has 0 aliphatic carbocycles. The van der Waals surface area contributed by atoms with Crippen LogP contribution >= 0.6 is 0 Å². The molecule has 2 saturated heterocycles. The van der Waals surface area contributed by atoms with Crippen molar-refractivity contribution in [3.63, 3.8) is 0 Å². The van der Waals surface area contributed by atoms with Crippen LogP contribution in [0, 0.1) is 0 Å². The minimum Gasteiger partial charge on any atom is -0.444 e. The summed E-state index contributed by atoms with van der Waals surface area (Å²) < 4.78 is 5.45. The lowest BCUT2D eigenvalue weighted by Crippen LogP contribution is -2.54. The number of amides is 3. The number of piperazine rings is 1. The molecule has 2 aliphatic heterocycles. The number of nitrogens with one attached hydrogen (secondary N) is 1. The molecule has 1 N–H and O–H groups in total. The maximum atomic E-state index is 13.4. The van der Waals surface area contributed by atoms with Crippen molar-refractivity contribution in [1.29, 1.82) is 0 Å². The molecule has 3 amide bonds. The summed E-state index contributed by atoms with van der Waals surface area (Å²) in [4.78, 5) is 43.3. The number of nitrogens with zero attached hydrogens (tertiary/aromatic N) is 3. The van der Waals surface area contributed by atoms with Crippen LogP contribution < -0.4 is 5.32 Å². The van der Waals surface area contributed by atoms with E-state index >= 15 is 0 Å². The van der Waals surface area contributed by atoms with Crippen LogP contribution in [0.4, 0.5) is 4.79 Å². The number of ether oxygens (including phenoxy) is 1. The van der Waals surface area contributed by atoms with E-state index in [1.165, 1.54) is 0 Å². The fourth-order valence-corrected chi connectivity index (χ4v) is 4.58. The van der Waals surface area contributed by atoms with Crippen molar-refractivity contribution >= 4 is 17.9 Å². The molecule has 1 aromatic rings. The molecule has 0 unspecified atom stereocenters. The van der Waals surface area contributed by atoms with Crippen molar-refractivity contribution in [2.75, 3.05) is 52.4 Å². The Bertz CT molecular complexity index is 821. The zero-order valence-electron chi connectivity index (χ0n) is 20.4. The predicted octanol–water partition coefficient (Wildman–Crippen LogP) is 2.24. The third-order valence-electron chi connectivity index (χ3n) is 6.56. The summed E-state index contributed by atoms with van der Waals surface area (Å²) in [6.07, 6.45) is 0.978. The highest BCUT2D eigenvalue weighted by atomic mass is 16.6. The molecular weight excluding hydrogens is 420 g/mol. The third-order valence-corrected chi connectivity index (χ3v) is 6.56. The fourth-order valence-electron chi connectivity index (χ4n) is 4.58. The third kappa shape index (κ3) is 6.47. The highest BCUT2D eigenvalue weighted by Gasteiger charge is 2.43. The van der Waals surface area contributed by atoms with E-state index in [4.69, 9.17) is 4.74 Å². The summed E-state index contributed by atoms with van der Waals surface area (Å²) in [5.74, 6) is 0.0897. The summed E-state index contributed by atoms with van der Waals surface area (Å²) in [5.41, 5.74) is -0.0900. The number of hydrogen-bond donors (Lipinski definition) is 1. The zero-order valence-corrected chi connectivity index (χ0v) is 20.4. The Morgan fingerprint density at radius 3 is 2.09 bits per heavy atom. The van der Waals surface area contributed by atoms with Gasteiger partial charge in [0, 0.05) is 59.3 Å². The molecule has 0 aromatic heterocycles. The predicted molar refractivity (Wildman–Crippen MR) is 127 cm³/mol. The van der Waals surface area contributed by atoms with Crippen LogP contribution in [0.2, 0.25) is 0 Å². The van der Waals surface area contributed by atoms with E-state index in [9.17, 15) is 14.4 Å². The molecular formula is C25H38N4O4. The van der Waals surface area contributed by atoms with Gasteiger partial charge in [0.15, 0.2) is 0 Å². The van der Waals surface area contributed by atoms with Gasteiger partial charge in [-0.25, -0.2) is 4.79 Å². The lowest BCUT2D eigenvalue weighted by atomic mass is 9.72. The first-order chi connectivity index (χ1) is 15.6. The van der Waals surface area contributed by atoms with Gasteiger partial charge in [0.25, 0.3) is 0 Å². The van der Waals surface area contributed by atoms with Crippen LogP contribution in [-0.2, 0) is 19.7 Å². The normalized spacial score (nSPS) is 19.2. The Labute approximate surface area is 197 Å². The first-order valence-corrected chi connectivity index (χ1v) is 11.9. The molecule has 8 heteroatoms. The quantitative estimate of drug-likeness (QED) is 0.732. The second kappa shape index (κ2) is 10.5. The van der Waals surface area contributed by atoms with Gasteiger partial charge in [-0.3, -0.25) is 14.5 Å². The van der Waals surface area contributed by atoms with Crippen LogP contribution in [0.25, 0.3) is 0 Å². The molecule has 0 radical (unpaired) electrons. The molecule has 0 saturated carbocycles. The van der Waals surface area contributed by atoms with Gasteiger partial charge in [0.05, 0.1) is 5.41 Å². The number of rotatable bonds is 5. The number of benzene rings is 1. The molecule has 182 valence electrons. The number of piperidine rings is 1. The van der Waals surface area contributed by atoms with Gasteiger partial charge in [-0.2, -0.15) is 0 Å². The van der Waals surface area contributed by atoms with Crippen LogP contribution in [0.3, 0.4) is 0 Å². The Morgan fingerprint density at radius 2 is 1.55 bits per heavy atom. The molecule has 2 aliphatic rings. The summed E-state index contributed by atoms with van der Waals surface area (Å²) in [5, 5.41) is 3.16. The molecule has 0 atom stereocenters. The lowest BCUT2D eigenvalue weighted by molar-refractivity contribution is -0.135. The van der Waals surface area contributed by atoms with Gasteiger partial charge in [0.2, 0.25) is 11.8 Å². The lowest BCUT2D eigenvalue weighted by Gasteiger charge is -2.41. The molecule has 0 spiro atoms. The van der Waals surface area contributed by atoms with Crippen LogP contribution in [0.1, 0.15) is 46.1 Å². The SMILES string of the molecule is CC(=O)N1CCC(C(=O)NCCN2CCN(C(=O)OC(C)(C)C)CC2)(c2ccccc2)CC1. The van der Waals surface area contributed by atoms with E-state index in [-0.39, 0.29) is 17.9 Å². The number of carbonyl (C=O) groups excluding carboxylic acids is 3. The zero-order chi connectivity index (χ0) is 24.1. The van der Waals surface area contributed by atoms with Crippen molar-refractivity contribution in [1.82, 2.24) is 20.0 Å². The topological polar surface area (TPSA) is 82.2 Å². The average Bonchev–Trinajstić information content (AvgIpc) is 2.79. The molecule has 3 rings (SSSR count). The van der Waals surface area contributed by atoms with Crippen molar-refractivity contribution in [2.24, 2.45) is 0 Å². The van der Waals surface area contributed by atoms with E-state index in [0.29, 0.717) is 45.6 Å². The van der Waals surface area contributed by atoms with Gasteiger partial charge < -0.3 is 19.9 Å². The van der Waals surface area contributed by atoms with E-state index < -0.39 is 11.0 Å². The van der Waals surface area contributed by atoms with Crippen molar-refractivity contribution in [3.8, 4) is 0 Å². The number of carbonyl (C=O) groups is 3. The van der Waals surface area contributed by atoms with Gasteiger partial charge in [0.1, 0.15) is 5.60 Å². The van der Waals surface area contributed by atoms with Crippen LogP contribution in [-0.4, -0.2) is 90.6 Å². The molecule has 0 bridgehead atoms. The smallest absolute Gasteiger partial charge is 0.410 e. The molecule has 1 aromatic carbocycles. The maximum absolute atomic E-state index is 13.4. The Hall–Kier alpha value is -2.61. The Balaban J connectivity index is 1.51.